The first-order chi connectivity index (χ1) is 9.56. The second kappa shape index (κ2) is 6.73. The molecule has 3 nitrogen and oxygen atoms in total. The Kier molecular flexibility index (Phi) is 4.99. The topological polar surface area (TPSA) is 38.3 Å². The molecule has 1 aliphatic carbocycles. The quantitative estimate of drug-likeness (QED) is 0.919. The van der Waals surface area contributed by atoms with E-state index >= 15 is 0 Å². The summed E-state index contributed by atoms with van der Waals surface area (Å²) >= 11 is 0. The lowest BCUT2D eigenvalue weighted by atomic mass is 9.78. The van der Waals surface area contributed by atoms with E-state index in [-0.39, 0.29) is 24.4 Å². The van der Waals surface area contributed by atoms with E-state index in [0.29, 0.717) is 17.6 Å². The first-order valence-electron chi connectivity index (χ1n) is 7.24. The van der Waals surface area contributed by atoms with Gasteiger partial charge in [0.1, 0.15) is 11.6 Å². The number of benzene rings is 1. The summed E-state index contributed by atoms with van der Waals surface area (Å²) in [5.41, 5.74) is 0. The van der Waals surface area contributed by atoms with Crippen LogP contribution in [0.15, 0.2) is 24.3 Å². The highest BCUT2D eigenvalue weighted by Crippen LogP contribution is 2.29. The third kappa shape index (κ3) is 3.95. The van der Waals surface area contributed by atoms with E-state index in [1.165, 1.54) is 30.7 Å². The number of hydrogen-bond donors (Lipinski definition) is 1. The minimum absolute atomic E-state index is 0.0246. The molecule has 1 saturated carbocycles. The fourth-order valence-electron chi connectivity index (χ4n) is 2.71. The summed E-state index contributed by atoms with van der Waals surface area (Å²) in [7, 11) is 0. The van der Waals surface area contributed by atoms with Gasteiger partial charge >= 0.3 is 0 Å². The third-order valence-corrected chi connectivity index (χ3v) is 4.24. The summed E-state index contributed by atoms with van der Waals surface area (Å²) in [5.74, 6) is 1.23. The van der Waals surface area contributed by atoms with Crippen LogP contribution in [0.3, 0.4) is 0 Å². The van der Waals surface area contributed by atoms with Gasteiger partial charge < -0.3 is 10.1 Å². The van der Waals surface area contributed by atoms with Gasteiger partial charge in [0.2, 0.25) is 0 Å². The van der Waals surface area contributed by atoms with Crippen LogP contribution in [0.4, 0.5) is 4.39 Å². The molecule has 110 valence electrons. The average molecular weight is 279 g/mol. The monoisotopic (exact) mass is 279 g/mol. The van der Waals surface area contributed by atoms with Crippen molar-refractivity contribution in [2.75, 3.05) is 6.61 Å². The minimum atomic E-state index is -0.313. The molecular weight excluding hydrogens is 257 g/mol. The number of carbonyl (C=O) groups excluding carboxylic acids is 1. The van der Waals surface area contributed by atoms with Crippen LogP contribution in [-0.2, 0) is 4.79 Å². The second-order valence-electron chi connectivity index (χ2n) is 5.68. The highest BCUT2D eigenvalue weighted by atomic mass is 19.1. The number of rotatable bonds is 4. The van der Waals surface area contributed by atoms with Crippen LogP contribution in [0.2, 0.25) is 0 Å². The zero-order valence-corrected chi connectivity index (χ0v) is 12.1. The van der Waals surface area contributed by atoms with E-state index in [0.717, 1.165) is 12.8 Å². The standard InChI is InChI=1S/C16H22FNO2/c1-11-4-3-5-15(12(11)2)18-16(19)10-20-14-8-6-13(17)7-9-14/h6-9,11-12,15H,3-5,10H2,1-2H3,(H,18,19). The number of amides is 1. The van der Waals surface area contributed by atoms with E-state index in [9.17, 15) is 9.18 Å². The van der Waals surface area contributed by atoms with Gasteiger partial charge in [-0.25, -0.2) is 4.39 Å². The van der Waals surface area contributed by atoms with Gasteiger partial charge in [-0.05, 0) is 42.5 Å². The number of hydrogen-bond acceptors (Lipinski definition) is 2. The van der Waals surface area contributed by atoms with Crippen LogP contribution < -0.4 is 10.1 Å². The Bertz CT molecular complexity index is 446. The van der Waals surface area contributed by atoms with Gasteiger partial charge in [-0.1, -0.05) is 26.7 Å². The highest BCUT2D eigenvalue weighted by molar-refractivity contribution is 5.77. The Morgan fingerprint density at radius 2 is 2.00 bits per heavy atom. The van der Waals surface area contributed by atoms with Crippen molar-refractivity contribution in [1.82, 2.24) is 5.32 Å². The van der Waals surface area contributed by atoms with Crippen molar-refractivity contribution in [1.29, 1.82) is 0 Å². The highest BCUT2D eigenvalue weighted by Gasteiger charge is 2.28. The van der Waals surface area contributed by atoms with Crippen molar-refractivity contribution in [3.05, 3.63) is 30.1 Å². The van der Waals surface area contributed by atoms with Crippen LogP contribution >= 0.6 is 0 Å². The van der Waals surface area contributed by atoms with E-state index < -0.39 is 0 Å². The fraction of sp³-hybridized carbons (Fsp3) is 0.562. The fourth-order valence-corrected chi connectivity index (χ4v) is 2.71. The molecule has 0 spiro atoms. The summed E-state index contributed by atoms with van der Waals surface area (Å²) in [5, 5.41) is 3.04. The Morgan fingerprint density at radius 3 is 2.70 bits per heavy atom. The minimum Gasteiger partial charge on any atom is -0.484 e. The zero-order valence-electron chi connectivity index (χ0n) is 12.1. The molecule has 3 unspecified atom stereocenters. The molecule has 20 heavy (non-hydrogen) atoms. The molecule has 1 aromatic carbocycles. The van der Waals surface area contributed by atoms with Gasteiger partial charge in [-0.3, -0.25) is 4.79 Å². The Hall–Kier alpha value is -1.58. The van der Waals surface area contributed by atoms with Gasteiger partial charge in [0.25, 0.3) is 5.91 Å². The summed E-state index contributed by atoms with van der Waals surface area (Å²) in [6.07, 6.45) is 3.43. The van der Waals surface area contributed by atoms with E-state index in [2.05, 4.69) is 19.2 Å². The first-order valence-corrected chi connectivity index (χ1v) is 7.24. The van der Waals surface area contributed by atoms with Crippen molar-refractivity contribution in [2.24, 2.45) is 11.8 Å². The first kappa shape index (κ1) is 14.8. The van der Waals surface area contributed by atoms with Crippen molar-refractivity contribution in [3.8, 4) is 5.75 Å². The van der Waals surface area contributed by atoms with Crippen LogP contribution in [0.1, 0.15) is 33.1 Å². The van der Waals surface area contributed by atoms with Gasteiger partial charge in [0.05, 0.1) is 0 Å². The molecule has 0 aliphatic heterocycles. The molecule has 1 aromatic rings. The van der Waals surface area contributed by atoms with Gasteiger partial charge in [0.15, 0.2) is 6.61 Å². The van der Waals surface area contributed by atoms with Crippen molar-refractivity contribution >= 4 is 5.91 Å². The molecule has 1 fully saturated rings. The van der Waals surface area contributed by atoms with Crippen molar-refractivity contribution < 1.29 is 13.9 Å². The molecule has 1 amide bonds. The lowest BCUT2D eigenvalue weighted by Crippen LogP contribution is -2.45. The predicted molar refractivity (Wildman–Crippen MR) is 76.0 cm³/mol. The van der Waals surface area contributed by atoms with E-state index in [1.807, 2.05) is 0 Å². The number of ether oxygens (including phenoxy) is 1. The Morgan fingerprint density at radius 1 is 1.30 bits per heavy atom. The van der Waals surface area contributed by atoms with Gasteiger partial charge in [-0.15, -0.1) is 0 Å². The molecule has 0 bridgehead atoms. The smallest absolute Gasteiger partial charge is 0.258 e. The molecule has 0 saturated heterocycles. The molecule has 0 aromatic heterocycles. The number of nitrogens with one attached hydrogen (secondary N) is 1. The molecule has 1 aliphatic rings. The van der Waals surface area contributed by atoms with Crippen molar-refractivity contribution in [2.45, 2.75) is 39.2 Å². The SMILES string of the molecule is CC1CCCC(NC(=O)COc2ccc(F)cc2)C1C. The maximum atomic E-state index is 12.7. The van der Waals surface area contributed by atoms with E-state index in [1.54, 1.807) is 0 Å². The van der Waals surface area contributed by atoms with Crippen molar-refractivity contribution in [3.63, 3.8) is 0 Å². The number of carbonyl (C=O) groups is 1. The zero-order chi connectivity index (χ0) is 14.5. The largest absolute Gasteiger partial charge is 0.484 e. The molecule has 4 heteroatoms. The van der Waals surface area contributed by atoms with Crippen LogP contribution in [-0.4, -0.2) is 18.6 Å². The molecule has 1 N–H and O–H groups in total. The van der Waals surface area contributed by atoms with Gasteiger partial charge in [0, 0.05) is 6.04 Å². The second-order valence-corrected chi connectivity index (χ2v) is 5.68. The molecule has 2 rings (SSSR count). The normalized spacial score (nSPS) is 26.1. The molecular formula is C16H22FNO2. The van der Waals surface area contributed by atoms with Crippen LogP contribution in [0.25, 0.3) is 0 Å². The maximum absolute atomic E-state index is 12.7. The lowest BCUT2D eigenvalue weighted by Gasteiger charge is -2.34. The summed E-state index contributed by atoms with van der Waals surface area (Å²) < 4.78 is 18.1. The van der Waals surface area contributed by atoms with Crippen LogP contribution in [0.5, 0.6) is 5.75 Å². The van der Waals surface area contributed by atoms with E-state index in [4.69, 9.17) is 4.74 Å². The molecule has 0 radical (unpaired) electrons. The molecule has 0 heterocycles. The maximum Gasteiger partial charge on any atom is 0.258 e. The summed E-state index contributed by atoms with van der Waals surface area (Å²) in [6.45, 7) is 4.40. The van der Waals surface area contributed by atoms with Crippen LogP contribution in [0, 0.1) is 17.7 Å². The Balaban J connectivity index is 1.79. The third-order valence-electron chi connectivity index (χ3n) is 4.24. The predicted octanol–water partition coefficient (Wildman–Crippen LogP) is 3.15. The molecule has 3 atom stereocenters. The van der Waals surface area contributed by atoms with Gasteiger partial charge in [-0.2, -0.15) is 0 Å². The summed E-state index contributed by atoms with van der Waals surface area (Å²) in [4.78, 5) is 11.9. The average Bonchev–Trinajstić information content (AvgIpc) is 2.43. The lowest BCUT2D eigenvalue weighted by molar-refractivity contribution is -0.124. The Labute approximate surface area is 119 Å². The number of halogens is 1. The summed E-state index contributed by atoms with van der Waals surface area (Å²) in [6, 6.07) is 5.92.